The van der Waals surface area contributed by atoms with Crippen LogP contribution in [-0.2, 0) is 10.0 Å². The van der Waals surface area contributed by atoms with E-state index in [4.69, 9.17) is 0 Å². The van der Waals surface area contributed by atoms with Crippen LogP contribution in [0.2, 0.25) is 0 Å². The third kappa shape index (κ3) is 4.59. The van der Waals surface area contributed by atoms with Gasteiger partial charge in [-0.25, -0.2) is 8.42 Å². The fraction of sp³-hybridized carbons (Fsp3) is 0.0526. The molecule has 0 unspecified atom stereocenters. The molecule has 0 aliphatic carbocycles. The number of anilines is 1. The highest BCUT2D eigenvalue weighted by Gasteiger charge is 2.34. The van der Waals surface area contributed by atoms with Crippen LogP contribution in [0.4, 0.5) is 18.9 Å². The standard InChI is InChI=1S/C19H14F3NO3S/c20-19(21,22)26-17-12-6-7-13-18(17)27(24,25)23-16-11-5-4-10-15(16)14-8-2-1-3-9-14/h1-13,23H. The average Bonchev–Trinajstić information content (AvgIpc) is 2.61. The maximum atomic E-state index is 12.7. The lowest BCUT2D eigenvalue weighted by atomic mass is 10.0. The van der Waals surface area contributed by atoms with Gasteiger partial charge in [0.15, 0.2) is 0 Å². The van der Waals surface area contributed by atoms with Gasteiger partial charge in [0.05, 0.1) is 5.69 Å². The van der Waals surface area contributed by atoms with Gasteiger partial charge in [-0.3, -0.25) is 4.72 Å². The number of alkyl halides is 3. The SMILES string of the molecule is O=S(=O)(Nc1ccccc1-c1ccccc1)c1ccccc1OC(F)(F)F. The lowest BCUT2D eigenvalue weighted by Crippen LogP contribution is -2.21. The Morgan fingerprint density at radius 2 is 1.37 bits per heavy atom. The molecule has 4 nitrogen and oxygen atoms in total. The molecule has 0 saturated heterocycles. The van der Waals surface area contributed by atoms with Crippen molar-refractivity contribution < 1.29 is 26.3 Å². The highest BCUT2D eigenvalue weighted by molar-refractivity contribution is 7.92. The van der Waals surface area contributed by atoms with E-state index in [9.17, 15) is 21.6 Å². The van der Waals surface area contributed by atoms with E-state index in [0.29, 0.717) is 5.56 Å². The highest BCUT2D eigenvalue weighted by Crippen LogP contribution is 2.33. The molecule has 0 amide bonds. The molecule has 1 N–H and O–H groups in total. The van der Waals surface area contributed by atoms with Gasteiger partial charge in [0.25, 0.3) is 10.0 Å². The minimum Gasteiger partial charge on any atom is -0.404 e. The number of halogens is 3. The smallest absolute Gasteiger partial charge is 0.404 e. The number of benzene rings is 3. The maximum absolute atomic E-state index is 12.7. The summed E-state index contributed by atoms with van der Waals surface area (Å²) in [4.78, 5) is -0.606. The van der Waals surface area contributed by atoms with E-state index >= 15 is 0 Å². The molecule has 0 aromatic heterocycles. The first-order chi connectivity index (χ1) is 12.8. The topological polar surface area (TPSA) is 55.4 Å². The molecule has 3 aromatic rings. The van der Waals surface area contributed by atoms with Gasteiger partial charge in [-0.1, -0.05) is 60.7 Å². The Morgan fingerprint density at radius 1 is 0.778 bits per heavy atom. The normalized spacial score (nSPS) is 11.8. The molecule has 0 atom stereocenters. The number of hydrogen-bond acceptors (Lipinski definition) is 3. The number of sulfonamides is 1. The summed E-state index contributed by atoms with van der Waals surface area (Å²) in [5, 5.41) is 0. The van der Waals surface area contributed by atoms with Gasteiger partial charge < -0.3 is 4.74 Å². The van der Waals surface area contributed by atoms with Crippen molar-refractivity contribution in [1.29, 1.82) is 0 Å². The monoisotopic (exact) mass is 393 g/mol. The average molecular weight is 393 g/mol. The fourth-order valence-corrected chi connectivity index (χ4v) is 3.73. The van der Waals surface area contributed by atoms with E-state index in [1.54, 1.807) is 42.5 Å². The lowest BCUT2D eigenvalue weighted by molar-refractivity contribution is -0.275. The molecule has 0 radical (unpaired) electrons. The molecule has 140 valence electrons. The first-order valence-electron chi connectivity index (χ1n) is 7.78. The molecule has 0 aliphatic rings. The summed E-state index contributed by atoms with van der Waals surface area (Å²) < 4.78 is 69.4. The van der Waals surface area contributed by atoms with E-state index in [-0.39, 0.29) is 5.69 Å². The predicted octanol–water partition coefficient (Wildman–Crippen LogP) is 5.05. The van der Waals surface area contributed by atoms with E-state index < -0.39 is 27.0 Å². The number of para-hydroxylation sites is 2. The molecule has 3 aromatic carbocycles. The second-order valence-corrected chi connectivity index (χ2v) is 7.16. The Hall–Kier alpha value is -3.00. The van der Waals surface area contributed by atoms with Crippen molar-refractivity contribution in [2.75, 3.05) is 4.72 Å². The summed E-state index contributed by atoms with van der Waals surface area (Å²) in [6.07, 6.45) is -5.01. The number of nitrogens with one attached hydrogen (secondary N) is 1. The molecule has 0 heterocycles. The molecule has 3 rings (SSSR count). The van der Waals surface area contributed by atoms with Crippen LogP contribution in [0.3, 0.4) is 0 Å². The van der Waals surface area contributed by atoms with Gasteiger partial charge in [0.2, 0.25) is 0 Å². The van der Waals surface area contributed by atoms with Crippen LogP contribution in [-0.4, -0.2) is 14.8 Å². The number of hydrogen-bond donors (Lipinski definition) is 1. The summed E-state index contributed by atoms with van der Waals surface area (Å²) >= 11 is 0. The van der Waals surface area contributed by atoms with Crippen molar-refractivity contribution in [2.24, 2.45) is 0 Å². The summed E-state index contributed by atoms with van der Waals surface area (Å²) in [5.74, 6) is -0.797. The van der Waals surface area contributed by atoms with Gasteiger partial charge >= 0.3 is 6.36 Å². The summed E-state index contributed by atoms with van der Waals surface area (Å²) in [6, 6.07) is 20.2. The van der Waals surface area contributed by atoms with E-state index in [0.717, 1.165) is 17.7 Å². The highest BCUT2D eigenvalue weighted by atomic mass is 32.2. The Balaban J connectivity index is 2.00. The zero-order chi connectivity index (χ0) is 19.5. The number of rotatable bonds is 5. The number of ether oxygens (including phenoxy) is 1. The van der Waals surface area contributed by atoms with Crippen molar-refractivity contribution >= 4 is 15.7 Å². The van der Waals surface area contributed by atoms with Crippen molar-refractivity contribution in [2.45, 2.75) is 11.3 Å². The molecule has 0 aliphatic heterocycles. The van der Waals surface area contributed by atoms with Crippen molar-refractivity contribution in [3.8, 4) is 16.9 Å². The van der Waals surface area contributed by atoms with Crippen molar-refractivity contribution in [3.63, 3.8) is 0 Å². The molecular weight excluding hydrogens is 379 g/mol. The Labute approximate surface area is 154 Å². The zero-order valence-corrected chi connectivity index (χ0v) is 14.6. The minimum atomic E-state index is -5.01. The summed E-state index contributed by atoms with van der Waals surface area (Å²) in [6.45, 7) is 0. The molecule has 8 heteroatoms. The van der Waals surface area contributed by atoms with Gasteiger partial charge in [0, 0.05) is 5.56 Å². The van der Waals surface area contributed by atoms with Gasteiger partial charge in [-0.15, -0.1) is 13.2 Å². The van der Waals surface area contributed by atoms with E-state index in [2.05, 4.69) is 9.46 Å². The third-order valence-electron chi connectivity index (χ3n) is 3.62. The lowest BCUT2D eigenvalue weighted by Gasteiger charge is -2.16. The van der Waals surface area contributed by atoms with Crippen molar-refractivity contribution in [1.82, 2.24) is 0 Å². The first kappa shape index (κ1) is 18.8. The van der Waals surface area contributed by atoms with E-state index in [1.807, 2.05) is 6.07 Å². The quantitative estimate of drug-likeness (QED) is 0.660. The summed E-state index contributed by atoms with van der Waals surface area (Å²) in [5.41, 5.74) is 1.59. The van der Waals surface area contributed by atoms with Gasteiger partial charge in [-0.05, 0) is 23.8 Å². The van der Waals surface area contributed by atoms with Crippen LogP contribution in [0.25, 0.3) is 11.1 Å². The van der Waals surface area contributed by atoms with Crippen LogP contribution >= 0.6 is 0 Å². The largest absolute Gasteiger partial charge is 0.573 e. The molecule has 27 heavy (non-hydrogen) atoms. The fourth-order valence-electron chi connectivity index (χ4n) is 2.52. The van der Waals surface area contributed by atoms with E-state index in [1.165, 1.54) is 18.2 Å². The summed E-state index contributed by atoms with van der Waals surface area (Å²) in [7, 11) is -4.32. The first-order valence-corrected chi connectivity index (χ1v) is 9.27. The predicted molar refractivity (Wildman–Crippen MR) is 95.8 cm³/mol. The molecular formula is C19H14F3NO3S. The molecule has 0 saturated carbocycles. The zero-order valence-electron chi connectivity index (χ0n) is 13.8. The maximum Gasteiger partial charge on any atom is 0.573 e. The molecule has 0 spiro atoms. The Kier molecular flexibility index (Phi) is 5.09. The molecule has 0 fully saturated rings. The van der Waals surface area contributed by atoms with Crippen LogP contribution in [0.1, 0.15) is 0 Å². The van der Waals surface area contributed by atoms with Gasteiger partial charge in [-0.2, -0.15) is 0 Å². The Bertz CT molecular complexity index is 1040. The minimum absolute atomic E-state index is 0.241. The van der Waals surface area contributed by atoms with Gasteiger partial charge in [0.1, 0.15) is 10.6 Å². The molecule has 0 bridgehead atoms. The van der Waals surface area contributed by atoms with Crippen LogP contribution in [0.5, 0.6) is 5.75 Å². The van der Waals surface area contributed by atoms with Crippen LogP contribution in [0, 0.1) is 0 Å². The van der Waals surface area contributed by atoms with Crippen molar-refractivity contribution in [3.05, 3.63) is 78.9 Å². The van der Waals surface area contributed by atoms with Crippen LogP contribution < -0.4 is 9.46 Å². The Morgan fingerprint density at radius 3 is 2.07 bits per heavy atom. The second kappa shape index (κ2) is 7.32. The van der Waals surface area contributed by atoms with Crippen LogP contribution in [0.15, 0.2) is 83.8 Å². The second-order valence-electron chi connectivity index (χ2n) is 5.51. The third-order valence-corrected chi connectivity index (χ3v) is 5.03.